The second-order valence-corrected chi connectivity index (χ2v) is 7.26. The summed E-state index contributed by atoms with van der Waals surface area (Å²) in [5.74, 6) is 0.583. The van der Waals surface area contributed by atoms with Crippen molar-refractivity contribution in [2.75, 3.05) is 10.6 Å². The van der Waals surface area contributed by atoms with Crippen molar-refractivity contribution in [1.82, 2.24) is 0 Å². The fourth-order valence-corrected chi connectivity index (χ4v) is 3.98. The second kappa shape index (κ2) is 6.68. The molecule has 0 amide bonds. The third kappa shape index (κ3) is 3.23. The fraction of sp³-hybridized carbons (Fsp3) is 0.350. The fourth-order valence-electron chi connectivity index (χ4n) is 3.78. The normalized spacial score (nSPS) is 20.0. The molecule has 1 saturated carbocycles. The van der Waals surface area contributed by atoms with E-state index >= 15 is 0 Å². The van der Waals surface area contributed by atoms with Crippen LogP contribution < -0.4 is 10.6 Å². The molecule has 130 valence electrons. The van der Waals surface area contributed by atoms with E-state index in [1.807, 2.05) is 12.1 Å². The first-order chi connectivity index (χ1) is 12.2. The smallest absolute Gasteiger partial charge is 0.141 e. The van der Waals surface area contributed by atoms with Crippen LogP contribution in [0.15, 0.2) is 47.5 Å². The summed E-state index contributed by atoms with van der Waals surface area (Å²) in [4.78, 5) is 4.86. The molecular formula is C20H21ClFN3. The summed E-state index contributed by atoms with van der Waals surface area (Å²) in [6, 6.07) is 13.0. The van der Waals surface area contributed by atoms with Gasteiger partial charge in [-0.05, 0) is 42.7 Å². The van der Waals surface area contributed by atoms with Gasteiger partial charge in [0.1, 0.15) is 11.7 Å². The van der Waals surface area contributed by atoms with Crippen LogP contribution in [0.1, 0.15) is 37.7 Å². The number of aliphatic imine (C=N–C) groups is 1. The Morgan fingerprint density at radius 3 is 2.56 bits per heavy atom. The summed E-state index contributed by atoms with van der Waals surface area (Å²) in [6.07, 6.45) is 5.79. The maximum absolute atomic E-state index is 13.4. The number of halogens is 2. The summed E-state index contributed by atoms with van der Waals surface area (Å²) < 4.78 is 13.4. The Bertz CT molecular complexity index is 812. The number of benzene rings is 2. The van der Waals surface area contributed by atoms with Gasteiger partial charge in [0, 0.05) is 0 Å². The third-order valence-electron chi connectivity index (χ3n) is 5.12. The van der Waals surface area contributed by atoms with Gasteiger partial charge in [0.2, 0.25) is 0 Å². The minimum absolute atomic E-state index is 0.129. The molecular weight excluding hydrogens is 337 g/mol. The van der Waals surface area contributed by atoms with E-state index in [1.54, 1.807) is 12.1 Å². The highest BCUT2D eigenvalue weighted by molar-refractivity contribution is 6.30. The van der Waals surface area contributed by atoms with Crippen LogP contribution in [0.5, 0.6) is 0 Å². The van der Waals surface area contributed by atoms with Crippen LogP contribution in [0.2, 0.25) is 5.02 Å². The van der Waals surface area contributed by atoms with E-state index in [-0.39, 0.29) is 10.6 Å². The summed E-state index contributed by atoms with van der Waals surface area (Å²) in [5, 5.41) is 7.42. The van der Waals surface area contributed by atoms with E-state index in [0.29, 0.717) is 6.54 Å². The Morgan fingerprint density at radius 2 is 1.80 bits per heavy atom. The number of fused-ring (bicyclic) bond motifs is 1. The number of hydrogen-bond acceptors (Lipinski definition) is 2. The number of hydrogen-bond donors (Lipinski definition) is 2. The van der Waals surface area contributed by atoms with Gasteiger partial charge in [-0.1, -0.05) is 49.1 Å². The first-order valence-electron chi connectivity index (χ1n) is 8.79. The molecule has 0 atom stereocenters. The van der Waals surface area contributed by atoms with Crippen molar-refractivity contribution in [3.63, 3.8) is 0 Å². The van der Waals surface area contributed by atoms with Crippen LogP contribution in [0.25, 0.3) is 0 Å². The van der Waals surface area contributed by atoms with Crippen LogP contribution >= 0.6 is 11.6 Å². The molecule has 0 saturated heterocycles. The van der Waals surface area contributed by atoms with Crippen LogP contribution in [0, 0.1) is 5.82 Å². The van der Waals surface area contributed by atoms with E-state index in [9.17, 15) is 4.39 Å². The molecule has 5 heteroatoms. The molecule has 2 aliphatic rings. The lowest BCUT2D eigenvalue weighted by Gasteiger charge is -2.44. The largest absolute Gasteiger partial charge is 0.371 e. The summed E-state index contributed by atoms with van der Waals surface area (Å²) >= 11 is 5.89. The Morgan fingerprint density at radius 1 is 1.04 bits per heavy atom. The second-order valence-electron chi connectivity index (χ2n) is 6.85. The van der Waals surface area contributed by atoms with Crippen molar-refractivity contribution >= 4 is 28.8 Å². The minimum atomic E-state index is -0.395. The van der Waals surface area contributed by atoms with Crippen molar-refractivity contribution in [1.29, 1.82) is 0 Å². The lowest BCUT2D eigenvalue weighted by Crippen LogP contribution is -2.53. The molecule has 0 aromatic heterocycles. The van der Waals surface area contributed by atoms with E-state index in [1.165, 1.54) is 25.3 Å². The summed E-state index contributed by atoms with van der Waals surface area (Å²) in [7, 11) is 0. The lowest BCUT2D eigenvalue weighted by atomic mass is 9.79. The van der Waals surface area contributed by atoms with Gasteiger partial charge in [0.15, 0.2) is 0 Å². The van der Waals surface area contributed by atoms with Crippen molar-refractivity contribution in [3.8, 4) is 0 Å². The Labute approximate surface area is 152 Å². The number of amidine groups is 1. The molecule has 3 nitrogen and oxygen atoms in total. The quantitative estimate of drug-likeness (QED) is 0.732. The first-order valence-corrected chi connectivity index (χ1v) is 9.17. The van der Waals surface area contributed by atoms with Crippen molar-refractivity contribution in [2.45, 2.75) is 44.2 Å². The summed E-state index contributed by atoms with van der Waals surface area (Å²) in [5.41, 5.74) is 2.96. The molecule has 25 heavy (non-hydrogen) atoms. The molecule has 1 heterocycles. The number of para-hydroxylation sites is 2. The minimum Gasteiger partial charge on any atom is -0.371 e. The molecule has 2 aromatic rings. The maximum atomic E-state index is 13.4. The van der Waals surface area contributed by atoms with Crippen molar-refractivity contribution in [3.05, 3.63) is 58.9 Å². The predicted octanol–water partition coefficient (Wildman–Crippen LogP) is 5.62. The van der Waals surface area contributed by atoms with Crippen molar-refractivity contribution in [2.24, 2.45) is 4.99 Å². The lowest BCUT2D eigenvalue weighted by molar-refractivity contribution is 0.403. The highest BCUT2D eigenvalue weighted by Crippen LogP contribution is 2.39. The Balaban J connectivity index is 1.66. The standard InChI is InChI=1S/C20H21ClFN3/c21-15-12-14(8-9-16(15)22)13-23-19-20(10-4-1-5-11-20)25-18-7-3-2-6-17(18)24-19/h2-3,6-9,12,25H,1,4-5,10-11,13H2,(H,23,24). The van der Waals surface area contributed by atoms with Crippen LogP contribution in [-0.4, -0.2) is 11.4 Å². The maximum Gasteiger partial charge on any atom is 0.141 e. The van der Waals surface area contributed by atoms with E-state index < -0.39 is 5.82 Å². The average molecular weight is 358 g/mol. The molecule has 1 aliphatic heterocycles. The van der Waals surface area contributed by atoms with Crippen molar-refractivity contribution < 1.29 is 4.39 Å². The highest BCUT2D eigenvalue weighted by atomic mass is 35.5. The van der Waals surface area contributed by atoms with Gasteiger partial charge in [-0.3, -0.25) is 4.99 Å². The summed E-state index contributed by atoms with van der Waals surface area (Å²) in [6.45, 7) is 0.480. The highest BCUT2D eigenvalue weighted by Gasteiger charge is 2.40. The molecule has 1 spiro atoms. The topological polar surface area (TPSA) is 36.4 Å². The Kier molecular flexibility index (Phi) is 4.38. The number of nitrogens with zero attached hydrogens (tertiary/aromatic N) is 1. The van der Waals surface area contributed by atoms with Crippen LogP contribution in [0.3, 0.4) is 0 Å². The SMILES string of the molecule is Fc1ccc(CN=C2Nc3ccccc3NC23CCCCC3)cc1Cl. The molecule has 1 fully saturated rings. The van der Waals surface area contributed by atoms with Gasteiger partial charge >= 0.3 is 0 Å². The molecule has 0 bridgehead atoms. The number of rotatable bonds is 2. The molecule has 2 aromatic carbocycles. The molecule has 1 aliphatic carbocycles. The zero-order chi connectivity index (χ0) is 17.3. The Hall–Kier alpha value is -2.07. The zero-order valence-corrected chi connectivity index (χ0v) is 14.7. The first kappa shape index (κ1) is 16.4. The van der Waals surface area contributed by atoms with Gasteiger partial charge in [-0.15, -0.1) is 0 Å². The van der Waals surface area contributed by atoms with Gasteiger partial charge in [-0.25, -0.2) is 4.39 Å². The van der Waals surface area contributed by atoms with E-state index in [0.717, 1.165) is 35.6 Å². The van der Waals surface area contributed by atoms with E-state index in [4.69, 9.17) is 16.6 Å². The van der Waals surface area contributed by atoms with Gasteiger partial charge < -0.3 is 10.6 Å². The van der Waals surface area contributed by atoms with Crippen LogP contribution in [0.4, 0.5) is 15.8 Å². The van der Waals surface area contributed by atoms with E-state index in [2.05, 4.69) is 22.8 Å². The molecule has 2 N–H and O–H groups in total. The number of anilines is 2. The monoisotopic (exact) mass is 357 g/mol. The van der Waals surface area contributed by atoms with Crippen LogP contribution in [-0.2, 0) is 6.54 Å². The molecule has 0 radical (unpaired) electrons. The van der Waals surface area contributed by atoms with Gasteiger partial charge in [-0.2, -0.15) is 0 Å². The van der Waals surface area contributed by atoms with Gasteiger partial charge in [0.25, 0.3) is 0 Å². The molecule has 0 unspecified atom stereocenters. The third-order valence-corrected chi connectivity index (χ3v) is 5.41. The zero-order valence-electron chi connectivity index (χ0n) is 14.0. The average Bonchev–Trinajstić information content (AvgIpc) is 2.63. The molecule has 4 rings (SSSR count). The van der Waals surface area contributed by atoms with Gasteiger partial charge in [0.05, 0.1) is 28.5 Å². The number of nitrogens with one attached hydrogen (secondary N) is 2. The predicted molar refractivity (Wildman–Crippen MR) is 102 cm³/mol.